The lowest BCUT2D eigenvalue weighted by Crippen LogP contribution is -2.39. The van der Waals surface area contributed by atoms with Crippen molar-refractivity contribution in [2.45, 2.75) is 46.2 Å². The first-order valence-electron chi connectivity index (χ1n) is 13.0. The number of aliphatic hydroxyl groups excluding tert-OH is 1. The molecule has 1 atom stereocenters. The van der Waals surface area contributed by atoms with Crippen LogP contribution < -0.4 is 9.47 Å². The molecule has 38 heavy (non-hydrogen) atoms. The number of methoxy groups -OCH3 is 1. The van der Waals surface area contributed by atoms with Crippen molar-refractivity contribution in [3.8, 4) is 11.5 Å². The van der Waals surface area contributed by atoms with Crippen LogP contribution in [0.3, 0.4) is 0 Å². The van der Waals surface area contributed by atoms with Gasteiger partial charge in [0.15, 0.2) is 11.5 Å². The zero-order valence-corrected chi connectivity index (χ0v) is 21.0. The molecule has 2 aliphatic heterocycles. The molecule has 1 unspecified atom stereocenters. The molecule has 4 aromatic carbocycles. The van der Waals surface area contributed by atoms with Crippen LogP contribution in [-0.4, -0.2) is 28.2 Å². The summed E-state index contributed by atoms with van der Waals surface area (Å²) in [4.78, 5) is 2.55. The predicted molar refractivity (Wildman–Crippen MR) is 153 cm³/mol. The van der Waals surface area contributed by atoms with Gasteiger partial charge in [0.2, 0.25) is 0 Å². The Morgan fingerprint density at radius 1 is 0.921 bits per heavy atom. The van der Waals surface area contributed by atoms with E-state index in [-0.39, 0.29) is 20.2 Å². The Morgan fingerprint density at radius 3 is 2.58 bits per heavy atom. The lowest BCUT2D eigenvalue weighted by Gasteiger charge is -2.41. The van der Waals surface area contributed by atoms with Crippen molar-refractivity contribution in [3.63, 3.8) is 0 Å². The van der Waals surface area contributed by atoms with Crippen LogP contribution in [0.4, 0.5) is 0 Å². The molecule has 2 aliphatic rings. The quantitative estimate of drug-likeness (QED) is 0.291. The lowest BCUT2D eigenvalue weighted by molar-refractivity contribution is 0.145. The van der Waals surface area contributed by atoms with E-state index < -0.39 is 0 Å². The maximum atomic E-state index is 10.1. The number of fused-ring (bicyclic) bond motifs is 7. The van der Waals surface area contributed by atoms with E-state index in [4.69, 9.17) is 9.47 Å². The molecule has 0 saturated carbocycles. The molecule has 5 nitrogen and oxygen atoms in total. The summed E-state index contributed by atoms with van der Waals surface area (Å²) in [5.41, 5.74) is 7.52. The molecule has 0 radical (unpaired) electrons. The molecule has 194 valence electrons. The maximum Gasteiger partial charge on any atom is 0.161 e. The van der Waals surface area contributed by atoms with E-state index in [9.17, 15) is 5.11 Å². The Balaban J connectivity index is 0.00000264. The highest BCUT2D eigenvalue weighted by Crippen LogP contribution is 2.44. The summed E-state index contributed by atoms with van der Waals surface area (Å²) in [6.07, 6.45) is 1.90. The molecule has 5 aromatic rings. The van der Waals surface area contributed by atoms with E-state index in [2.05, 4.69) is 82.3 Å². The van der Waals surface area contributed by atoms with Gasteiger partial charge in [-0.3, -0.25) is 4.90 Å². The number of aliphatic hydroxyl groups is 1. The third-order valence-electron chi connectivity index (χ3n) is 8.19. The van der Waals surface area contributed by atoms with Gasteiger partial charge >= 0.3 is 0 Å². The maximum absolute atomic E-state index is 10.1. The van der Waals surface area contributed by atoms with Crippen molar-refractivity contribution >= 4 is 21.7 Å². The highest BCUT2D eigenvalue weighted by atomic mass is 16.5. The standard InChI is InChI=1S/C32H30N2O3.CH4/c1-36-31-17-26-24(15-32(31)37-19-21-10-11-22-6-2-3-7-23(22)14-21)12-13-33-18-30-27(16-29(26)33)25-8-4-5-9-28(25)34(30)20-35;/h2-11,14-15,17,29,35H,12-13,16,18-20H2,1H3;1H4. The predicted octanol–water partition coefficient (Wildman–Crippen LogP) is 6.62. The average molecular weight is 507 g/mol. The Kier molecular flexibility index (Phi) is 6.34. The van der Waals surface area contributed by atoms with Crippen LogP contribution >= 0.6 is 0 Å². The summed E-state index contributed by atoms with van der Waals surface area (Å²) < 4.78 is 14.2. The van der Waals surface area contributed by atoms with Crippen LogP contribution in [-0.2, 0) is 32.7 Å². The zero-order valence-electron chi connectivity index (χ0n) is 21.0. The number of hydrogen-bond acceptors (Lipinski definition) is 4. The van der Waals surface area contributed by atoms with Gasteiger partial charge in [-0.1, -0.05) is 62.0 Å². The Labute approximate surface area is 223 Å². The van der Waals surface area contributed by atoms with Gasteiger partial charge in [0, 0.05) is 30.2 Å². The first-order valence-corrected chi connectivity index (χ1v) is 13.0. The van der Waals surface area contributed by atoms with Gasteiger partial charge in [0.05, 0.1) is 12.6 Å². The number of aromatic nitrogens is 1. The van der Waals surface area contributed by atoms with Crippen LogP contribution in [0, 0.1) is 0 Å². The second kappa shape index (κ2) is 9.82. The van der Waals surface area contributed by atoms with Crippen molar-refractivity contribution in [1.29, 1.82) is 0 Å². The normalized spacial score (nSPS) is 16.4. The second-order valence-corrected chi connectivity index (χ2v) is 10.1. The smallest absolute Gasteiger partial charge is 0.161 e. The molecule has 0 fully saturated rings. The van der Waals surface area contributed by atoms with Crippen molar-refractivity contribution in [2.24, 2.45) is 0 Å². The summed E-state index contributed by atoms with van der Waals surface area (Å²) in [6, 6.07) is 28.0. The van der Waals surface area contributed by atoms with Gasteiger partial charge in [0.25, 0.3) is 0 Å². The largest absolute Gasteiger partial charge is 0.493 e. The fourth-order valence-electron chi connectivity index (χ4n) is 6.34. The van der Waals surface area contributed by atoms with Gasteiger partial charge in [-0.2, -0.15) is 0 Å². The van der Waals surface area contributed by atoms with Gasteiger partial charge in [-0.05, 0) is 70.1 Å². The monoisotopic (exact) mass is 506 g/mol. The summed E-state index contributed by atoms with van der Waals surface area (Å²) >= 11 is 0. The van der Waals surface area contributed by atoms with Crippen LogP contribution in [0.5, 0.6) is 11.5 Å². The fraction of sp³-hybridized carbons (Fsp3) is 0.273. The minimum atomic E-state index is 0. The number of rotatable bonds is 5. The molecule has 1 N–H and O–H groups in total. The molecule has 0 bridgehead atoms. The summed E-state index contributed by atoms with van der Waals surface area (Å²) in [6.45, 7) is 2.34. The molecule has 0 amide bonds. The van der Waals surface area contributed by atoms with E-state index in [1.807, 2.05) is 6.07 Å². The Bertz CT molecular complexity index is 1640. The van der Waals surface area contributed by atoms with Crippen LogP contribution in [0.2, 0.25) is 0 Å². The molecule has 3 heterocycles. The molecule has 5 heteroatoms. The highest BCUT2D eigenvalue weighted by molar-refractivity contribution is 5.86. The molecule has 7 rings (SSSR count). The number of para-hydroxylation sites is 1. The topological polar surface area (TPSA) is 46.9 Å². The van der Waals surface area contributed by atoms with Gasteiger partial charge in [0.1, 0.15) is 13.3 Å². The van der Waals surface area contributed by atoms with Crippen LogP contribution in [0.15, 0.2) is 78.9 Å². The summed E-state index contributed by atoms with van der Waals surface area (Å²) in [7, 11) is 1.72. The number of hydrogen-bond donors (Lipinski definition) is 1. The molecule has 0 saturated heterocycles. The van der Waals surface area contributed by atoms with Crippen LogP contribution in [0.25, 0.3) is 21.7 Å². The number of ether oxygens (including phenoxy) is 2. The Morgan fingerprint density at radius 2 is 1.74 bits per heavy atom. The van der Waals surface area contributed by atoms with Gasteiger partial charge in [-0.25, -0.2) is 0 Å². The second-order valence-electron chi connectivity index (χ2n) is 10.1. The van der Waals surface area contributed by atoms with Gasteiger partial charge < -0.3 is 19.1 Å². The number of nitrogens with zero attached hydrogens (tertiary/aromatic N) is 2. The first-order chi connectivity index (χ1) is 18.2. The highest BCUT2D eigenvalue weighted by Gasteiger charge is 2.35. The molecular formula is C33H34N2O3. The minimum absolute atomic E-state index is 0. The fourth-order valence-corrected chi connectivity index (χ4v) is 6.34. The molecule has 0 aliphatic carbocycles. The SMILES string of the molecule is C.COc1cc2c(cc1OCc1ccc3ccccc3c1)CCN1Cc3c(c4ccccc4n3CO)CC21. The molecular weight excluding hydrogens is 472 g/mol. The summed E-state index contributed by atoms with van der Waals surface area (Å²) in [5, 5.41) is 13.8. The van der Waals surface area contributed by atoms with E-state index in [1.54, 1.807) is 7.11 Å². The van der Waals surface area contributed by atoms with Crippen molar-refractivity contribution in [2.75, 3.05) is 13.7 Å². The summed E-state index contributed by atoms with van der Waals surface area (Å²) in [5.74, 6) is 1.58. The van der Waals surface area contributed by atoms with Gasteiger partial charge in [-0.15, -0.1) is 0 Å². The van der Waals surface area contributed by atoms with E-state index in [1.165, 1.54) is 38.5 Å². The van der Waals surface area contributed by atoms with Crippen molar-refractivity contribution in [3.05, 3.63) is 107 Å². The van der Waals surface area contributed by atoms with Crippen molar-refractivity contribution in [1.82, 2.24) is 9.47 Å². The zero-order chi connectivity index (χ0) is 24.9. The minimum Gasteiger partial charge on any atom is -0.493 e. The Hall–Kier alpha value is -3.80. The van der Waals surface area contributed by atoms with Crippen molar-refractivity contribution < 1.29 is 14.6 Å². The molecule has 1 aromatic heterocycles. The number of benzene rings is 4. The van der Waals surface area contributed by atoms with E-state index >= 15 is 0 Å². The third-order valence-corrected chi connectivity index (χ3v) is 8.19. The van der Waals surface area contributed by atoms with E-state index in [0.29, 0.717) is 6.61 Å². The average Bonchev–Trinajstić information content (AvgIpc) is 3.26. The first kappa shape index (κ1) is 24.5. The third kappa shape index (κ3) is 3.94. The van der Waals surface area contributed by atoms with E-state index in [0.717, 1.165) is 48.5 Å². The molecule has 0 spiro atoms. The lowest BCUT2D eigenvalue weighted by atomic mass is 9.85. The van der Waals surface area contributed by atoms with Crippen LogP contribution in [0.1, 0.15) is 41.4 Å².